The Morgan fingerprint density at radius 2 is 1.76 bits per heavy atom. The lowest BCUT2D eigenvalue weighted by molar-refractivity contribution is 0.374. The standard InChI is InChI=1S/C20H24N2O2S/c21-25(23,24)13-18-19(22-14-20(18)9-10-20)12-15-5-4-8-17(11-15)16-6-2-1-3-7-16/h1-8,11,18-19,22H,9-10,12-14H2,(H2,21,23,24). The molecule has 1 aliphatic carbocycles. The number of primary sulfonamides is 1. The van der Waals surface area contributed by atoms with Gasteiger partial charge in [-0.3, -0.25) is 0 Å². The fraction of sp³-hybridized carbons (Fsp3) is 0.400. The van der Waals surface area contributed by atoms with Crippen molar-refractivity contribution in [2.75, 3.05) is 12.3 Å². The molecule has 1 saturated carbocycles. The zero-order valence-corrected chi connectivity index (χ0v) is 15.0. The van der Waals surface area contributed by atoms with E-state index in [1.165, 1.54) is 16.7 Å². The average Bonchev–Trinajstić information content (AvgIpc) is 3.31. The number of nitrogens with one attached hydrogen (secondary N) is 1. The van der Waals surface area contributed by atoms with E-state index in [1.807, 2.05) is 18.2 Å². The minimum atomic E-state index is -3.45. The van der Waals surface area contributed by atoms with Crippen molar-refractivity contribution in [3.63, 3.8) is 0 Å². The first-order valence-corrected chi connectivity index (χ1v) is 10.6. The highest BCUT2D eigenvalue weighted by Crippen LogP contribution is 2.56. The molecule has 2 aliphatic rings. The molecule has 3 N–H and O–H groups in total. The topological polar surface area (TPSA) is 72.2 Å². The number of sulfonamides is 1. The van der Waals surface area contributed by atoms with Crippen molar-refractivity contribution in [1.82, 2.24) is 5.32 Å². The van der Waals surface area contributed by atoms with Crippen LogP contribution < -0.4 is 10.5 Å². The van der Waals surface area contributed by atoms with Crippen molar-refractivity contribution in [3.05, 3.63) is 60.2 Å². The van der Waals surface area contributed by atoms with E-state index in [4.69, 9.17) is 5.14 Å². The fourth-order valence-electron chi connectivity index (χ4n) is 4.26. The number of hydrogen-bond donors (Lipinski definition) is 2. The third kappa shape index (κ3) is 3.64. The van der Waals surface area contributed by atoms with E-state index < -0.39 is 10.0 Å². The molecule has 1 saturated heterocycles. The maximum absolute atomic E-state index is 11.7. The molecule has 0 amide bonds. The second kappa shape index (κ2) is 6.24. The SMILES string of the molecule is NS(=O)(=O)CC1C(Cc2cccc(-c3ccccc3)c2)NCC12CC2. The van der Waals surface area contributed by atoms with E-state index in [-0.39, 0.29) is 23.1 Å². The van der Waals surface area contributed by atoms with E-state index in [0.717, 1.165) is 25.8 Å². The average molecular weight is 356 g/mol. The zero-order valence-electron chi connectivity index (χ0n) is 14.2. The van der Waals surface area contributed by atoms with Gasteiger partial charge >= 0.3 is 0 Å². The molecular formula is C20H24N2O2S. The normalized spacial score (nSPS) is 24.5. The van der Waals surface area contributed by atoms with E-state index in [0.29, 0.717) is 0 Å². The second-order valence-corrected chi connectivity index (χ2v) is 9.22. The van der Waals surface area contributed by atoms with Gasteiger partial charge in [0.05, 0.1) is 5.75 Å². The summed E-state index contributed by atoms with van der Waals surface area (Å²) in [7, 11) is -3.45. The van der Waals surface area contributed by atoms with E-state index in [9.17, 15) is 8.42 Å². The highest BCUT2D eigenvalue weighted by molar-refractivity contribution is 7.89. The van der Waals surface area contributed by atoms with Gasteiger partial charge in [0.1, 0.15) is 0 Å². The summed E-state index contributed by atoms with van der Waals surface area (Å²) in [6, 6.07) is 19.0. The third-order valence-electron chi connectivity index (χ3n) is 5.78. The van der Waals surface area contributed by atoms with Crippen LogP contribution in [0.25, 0.3) is 11.1 Å². The molecule has 2 fully saturated rings. The summed E-state index contributed by atoms with van der Waals surface area (Å²) < 4.78 is 23.4. The molecule has 2 aromatic carbocycles. The van der Waals surface area contributed by atoms with Crippen LogP contribution >= 0.6 is 0 Å². The molecule has 1 heterocycles. The Morgan fingerprint density at radius 3 is 2.44 bits per heavy atom. The highest BCUT2D eigenvalue weighted by Gasteiger charge is 2.56. The maximum atomic E-state index is 11.7. The lowest BCUT2D eigenvalue weighted by atomic mass is 9.86. The highest BCUT2D eigenvalue weighted by atomic mass is 32.2. The minimum absolute atomic E-state index is 0.0864. The van der Waals surface area contributed by atoms with Gasteiger partial charge in [-0.1, -0.05) is 54.6 Å². The smallest absolute Gasteiger partial charge is 0.209 e. The Morgan fingerprint density at radius 1 is 1.04 bits per heavy atom. The molecule has 2 unspecified atom stereocenters. The summed E-state index contributed by atoms with van der Waals surface area (Å²) in [6.07, 6.45) is 3.06. The monoisotopic (exact) mass is 356 g/mol. The van der Waals surface area contributed by atoms with Crippen LogP contribution in [-0.2, 0) is 16.4 Å². The first-order chi connectivity index (χ1) is 12.0. The Bertz CT molecular complexity index is 860. The predicted molar refractivity (Wildman–Crippen MR) is 101 cm³/mol. The Kier molecular flexibility index (Phi) is 4.18. The number of rotatable bonds is 5. The summed E-state index contributed by atoms with van der Waals surface area (Å²) in [4.78, 5) is 0. The van der Waals surface area contributed by atoms with Gasteiger partial charge in [0.15, 0.2) is 0 Å². The summed E-state index contributed by atoms with van der Waals surface area (Å²) in [5.41, 5.74) is 3.79. The van der Waals surface area contributed by atoms with Crippen LogP contribution in [0.15, 0.2) is 54.6 Å². The first-order valence-electron chi connectivity index (χ1n) is 8.83. The van der Waals surface area contributed by atoms with Crippen LogP contribution in [0.2, 0.25) is 0 Å². The van der Waals surface area contributed by atoms with Crippen LogP contribution in [0.4, 0.5) is 0 Å². The lowest BCUT2D eigenvalue weighted by Crippen LogP contribution is -2.36. The van der Waals surface area contributed by atoms with Crippen LogP contribution in [0.5, 0.6) is 0 Å². The van der Waals surface area contributed by atoms with Gasteiger partial charge in [-0.05, 0) is 47.3 Å². The maximum Gasteiger partial charge on any atom is 0.209 e. The molecule has 4 nitrogen and oxygen atoms in total. The molecule has 2 atom stereocenters. The first kappa shape index (κ1) is 16.8. The molecule has 0 aromatic heterocycles. The lowest BCUT2D eigenvalue weighted by Gasteiger charge is -2.23. The molecule has 132 valence electrons. The Hall–Kier alpha value is -1.69. The van der Waals surface area contributed by atoms with Crippen LogP contribution in [0.3, 0.4) is 0 Å². The second-order valence-electron chi connectivity index (χ2n) is 7.56. The van der Waals surface area contributed by atoms with Crippen molar-refractivity contribution in [2.45, 2.75) is 25.3 Å². The summed E-state index contributed by atoms with van der Waals surface area (Å²) in [5, 5.41) is 8.93. The Labute approximate surface area is 149 Å². The number of hydrogen-bond acceptors (Lipinski definition) is 3. The van der Waals surface area contributed by atoms with Crippen molar-refractivity contribution >= 4 is 10.0 Å². The van der Waals surface area contributed by atoms with E-state index in [1.54, 1.807) is 0 Å². The summed E-state index contributed by atoms with van der Waals surface area (Å²) >= 11 is 0. The summed E-state index contributed by atoms with van der Waals surface area (Å²) in [5.74, 6) is 0.200. The van der Waals surface area contributed by atoms with E-state index in [2.05, 4.69) is 41.7 Å². The third-order valence-corrected chi connectivity index (χ3v) is 6.61. The van der Waals surface area contributed by atoms with Gasteiger partial charge in [0, 0.05) is 12.6 Å². The molecule has 5 heteroatoms. The number of nitrogens with two attached hydrogens (primary N) is 1. The zero-order chi connectivity index (χ0) is 17.5. The van der Waals surface area contributed by atoms with Gasteiger partial charge in [0.2, 0.25) is 10.0 Å². The van der Waals surface area contributed by atoms with Gasteiger partial charge in [-0.2, -0.15) is 0 Å². The van der Waals surface area contributed by atoms with Gasteiger partial charge in [-0.25, -0.2) is 13.6 Å². The quantitative estimate of drug-likeness (QED) is 0.865. The fourth-order valence-corrected chi connectivity index (χ4v) is 5.35. The van der Waals surface area contributed by atoms with E-state index >= 15 is 0 Å². The molecule has 1 aliphatic heterocycles. The van der Waals surface area contributed by atoms with Gasteiger partial charge < -0.3 is 5.32 Å². The van der Waals surface area contributed by atoms with Crippen molar-refractivity contribution in [1.29, 1.82) is 0 Å². The van der Waals surface area contributed by atoms with Gasteiger partial charge in [-0.15, -0.1) is 0 Å². The largest absolute Gasteiger partial charge is 0.313 e. The van der Waals surface area contributed by atoms with Crippen molar-refractivity contribution < 1.29 is 8.42 Å². The van der Waals surface area contributed by atoms with Gasteiger partial charge in [0.25, 0.3) is 0 Å². The minimum Gasteiger partial charge on any atom is -0.313 e. The van der Waals surface area contributed by atoms with Crippen LogP contribution in [0, 0.1) is 11.3 Å². The Balaban J connectivity index is 1.55. The summed E-state index contributed by atoms with van der Waals surface area (Å²) in [6.45, 7) is 0.913. The predicted octanol–water partition coefficient (Wildman–Crippen LogP) is 2.55. The molecular weight excluding hydrogens is 332 g/mol. The molecule has 0 radical (unpaired) electrons. The van der Waals surface area contributed by atoms with Crippen LogP contribution in [0.1, 0.15) is 18.4 Å². The molecule has 2 aromatic rings. The molecule has 1 spiro atoms. The molecule has 25 heavy (non-hydrogen) atoms. The van der Waals surface area contributed by atoms with Crippen LogP contribution in [-0.4, -0.2) is 26.8 Å². The van der Waals surface area contributed by atoms with Crippen molar-refractivity contribution in [2.24, 2.45) is 16.5 Å². The number of benzene rings is 2. The van der Waals surface area contributed by atoms with Crippen molar-refractivity contribution in [3.8, 4) is 11.1 Å². The molecule has 4 rings (SSSR count). The molecule has 0 bridgehead atoms.